The average Bonchev–Trinajstić information content (AvgIpc) is 3.21. The summed E-state index contributed by atoms with van der Waals surface area (Å²) in [5, 5.41) is 3.01. The van der Waals surface area contributed by atoms with Crippen LogP contribution in [0.5, 0.6) is 0 Å². The number of anilines is 1. The third-order valence-electron chi connectivity index (χ3n) is 3.67. The molecule has 3 nitrogen and oxygen atoms in total. The Morgan fingerprint density at radius 3 is 2.58 bits per heavy atom. The van der Waals surface area contributed by atoms with Gasteiger partial charge in [-0.15, -0.1) is 0 Å². The molecule has 19 heavy (non-hydrogen) atoms. The number of nitrogens with zero attached hydrogens (tertiary/aromatic N) is 1. The highest BCUT2D eigenvalue weighted by Gasteiger charge is 2.51. The van der Waals surface area contributed by atoms with Crippen molar-refractivity contribution in [1.29, 1.82) is 0 Å². The summed E-state index contributed by atoms with van der Waals surface area (Å²) in [7, 11) is 0. The lowest BCUT2D eigenvalue weighted by Gasteiger charge is -2.15. The summed E-state index contributed by atoms with van der Waals surface area (Å²) in [6, 6.07) is 13.7. The molecular formula is C16H16N2O. The molecule has 1 aromatic carbocycles. The van der Waals surface area contributed by atoms with Gasteiger partial charge in [0.25, 0.3) is 0 Å². The Hall–Kier alpha value is -2.16. The van der Waals surface area contributed by atoms with Crippen molar-refractivity contribution < 1.29 is 4.79 Å². The van der Waals surface area contributed by atoms with Crippen molar-refractivity contribution in [1.82, 2.24) is 4.98 Å². The normalized spacial score (nSPS) is 15.8. The largest absolute Gasteiger partial charge is 0.325 e. The number of aromatic nitrogens is 1. The minimum absolute atomic E-state index is 0.0873. The zero-order valence-electron chi connectivity index (χ0n) is 10.9. The number of aryl methyl sites for hydroxylation is 1. The predicted molar refractivity (Wildman–Crippen MR) is 75.0 cm³/mol. The van der Waals surface area contributed by atoms with Gasteiger partial charge < -0.3 is 5.32 Å². The Kier molecular flexibility index (Phi) is 2.82. The zero-order valence-corrected chi connectivity index (χ0v) is 10.9. The Balaban J connectivity index is 1.82. The maximum Gasteiger partial charge on any atom is 0.235 e. The first-order chi connectivity index (χ1) is 9.21. The molecule has 0 radical (unpaired) electrons. The van der Waals surface area contributed by atoms with Crippen molar-refractivity contribution in [2.75, 3.05) is 5.32 Å². The van der Waals surface area contributed by atoms with Crippen molar-refractivity contribution in [3.8, 4) is 0 Å². The van der Waals surface area contributed by atoms with Gasteiger partial charge in [0.05, 0.1) is 5.41 Å². The van der Waals surface area contributed by atoms with Crippen LogP contribution in [-0.4, -0.2) is 10.9 Å². The second-order valence-electron chi connectivity index (χ2n) is 5.09. The number of pyridine rings is 1. The maximum absolute atomic E-state index is 12.5. The summed E-state index contributed by atoms with van der Waals surface area (Å²) in [5.74, 6) is 0.0873. The molecule has 0 saturated heterocycles. The second-order valence-corrected chi connectivity index (χ2v) is 5.09. The van der Waals surface area contributed by atoms with Gasteiger partial charge in [0.2, 0.25) is 5.91 Å². The molecule has 1 amide bonds. The number of amides is 1. The molecule has 1 aliphatic carbocycles. The molecule has 0 aliphatic heterocycles. The van der Waals surface area contributed by atoms with E-state index < -0.39 is 0 Å². The number of carbonyl (C=O) groups excluding carboxylic acids is 1. The number of carbonyl (C=O) groups is 1. The molecule has 1 N–H and O–H groups in total. The quantitative estimate of drug-likeness (QED) is 0.912. The summed E-state index contributed by atoms with van der Waals surface area (Å²) < 4.78 is 0. The molecule has 1 heterocycles. The number of hydrogen-bond acceptors (Lipinski definition) is 2. The average molecular weight is 252 g/mol. The topological polar surface area (TPSA) is 42.0 Å². The van der Waals surface area contributed by atoms with Gasteiger partial charge >= 0.3 is 0 Å². The predicted octanol–water partition coefficient (Wildman–Crippen LogP) is 3.06. The van der Waals surface area contributed by atoms with Gasteiger partial charge in [0, 0.05) is 17.6 Å². The van der Waals surface area contributed by atoms with E-state index in [2.05, 4.69) is 10.3 Å². The summed E-state index contributed by atoms with van der Waals surface area (Å²) in [5.41, 5.74) is 2.51. The van der Waals surface area contributed by atoms with Gasteiger partial charge in [-0.25, -0.2) is 0 Å². The van der Waals surface area contributed by atoms with E-state index in [1.807, 2.05) is 49.4 Å². The molecule has 96 valence electrons. The van der Waals surface area contributed by atoms with Crippen LogP contribution in [0.4, 0.5) is 5.69 Å². The highest BCUT2D eigenvalue weighted by Crippen LogP contribution is 2.48. The van der Waals surface area contributed by atoms with E-state index in [-0.39, 0.29) is 11.3 Å². The monoisotopic (exact) mass is 252 g/mol. The fourth-order valence-electron chi connectivity index (χ4n) is 2.40. The Bertz CT molecular complexity index is 603. The first kappa shape index (κ1) is 11.9. The van der Waals surface area contributed by atoms with Crippen LogP contribution in [0.1, 0.15) is 24.1 Å². The number of benzene rings is 1. The van der Waals surface area contributed by atoms with Gasteiger partial charge in [-0.05, 0) is 37.5 Å². The highest BCUT2D eigenvalue weighted by atomic mass is 16.2. The van der Waals surface area contributed by atoms with E-state index >= 15 is 0 Å². The zero-order chi connectivity index (χ0) is 13.3. The van der Waals surface area contributed by atoms with Crippen LogP contribution in [0, 0.1) is 6.92 Å². The molecule has 1 aromatic heterocycles. The van der Waals surface area contributed by atoms with Gasteiger partial charge in [0.1, 0.15) is 0 Å². The van der Waals surface area contributed by atoms with Gasteiger partial charge in [0.15, 0.2) is 0 Å². The van der Waals surface area contributed by atoms with Crippen molar-refractivity contribution in [2.24, 2.45) is 0 Å². The fourth-order valence-corrected chi connectivity index (χ4v) is 2.40. The van der Waals surface area contributed by atoms with E-state index in [0.717, 1.165) is 29.8 Å². The molecule has 1 saturated carbocycles. The standard InChI is InChI=1S/C16H16N2O/c1-12-11-14(7-10-17-12)18-15(19)16(8-9-16)13-5-3-2-4-6-13/h2-7,10-11H,8-9H2,1H3,(H,17,18,19). The van der Waals surface area contributed by atoms with Crippen molar-refractivity contribution in [3.63, 3.8) is 0 Å². The smallest absolute Gasteiger partial charge is 0.235 e. The summed E-state index contributed by atoms with van der Waals surface area (Å²) in [4.78, 5) is 16.6. The third kappa shape index (κ3) is 2.24. The molecule has 3 heteroatoms. The van der Waals surface area contributed by atoms with E-state index in [1.54, 1.807) is 6.20 Å². The van der Waals surface area contributed by atoms with Gasteiger partial charge in [-0.2, -0.15) is 0 Å². The first-order valence-corrected chi connectivity index (χ1v) is 6.50. The Morgan fingerprint density at radius 2 is 1.95 bits per heavy atom. The van der Waals surface area contributed by atoms with Gasteiger partial charge in [-0.3, -0.25) is 9.78 Å². The molecule has 0 spiro atoms. The minimum Gasteiger partial charge on any atom is -0.325 e. The summed E-state index contributed by atoms with van der Waals surface area (Å²) in [6.45, 7) is 1.92. The Labute approximate surface area is 112 Å². The van der Waals surface area contributed by atoms with Crippen molar-refractivity contribution in [3.05, 3.63) is 59.9 Å². The van der Waals surface area contributed by atoms with E-state index in [9.17, 15) is 4.79 Å². The van der Waals surface area contributed by atoms with Gasteiger partial charge in [-0.1, -0.05) is 30.3 Å². The van der Waals surface area contributed by atoms with Crippen LogP contribution >= 0.6 is 0 Å². The van der Waals surface area contributed by atoms with E-state index in [1.165, 1.54) is 0 Å². The number of nitrogens with one attached hydrogen (secondary N) is 1. The molecule has 0 bridgehead atoms. The SMILES string of the molecule is Cc1cc(NC(=O)C2(c3ccccc3)CC2)ccn1. The molecule has 3 rings (SSSR count). The van der Waals surface area contributed by atoms with Crippen LogP contribution in [-0.2, 0) is 10.2 Å². The van der Waals surface area contributed by atoms with E-state index in [0.29, 0.717) is 0 Å². The second kappa shape index (κ2) is 4.50. The number of hydrogen-bond donors (Lipinski definition) is 1. The molecule has 1 fully saturated rings. The van der Waals surface area contributed by atoms with Crippen molar-refractivity contribution >= 4 is 11.6 Å². The fraction of sp³-hybridized carbons (Fsp3) is 0.250. The van der Waals surface area contributed by atoms with Crippen LogP contribution in [0.3, 0.4) is 0 Å². The van der Waals surface area contributed by atoms with Crippen LogP contribution < -0.4 is 5.32 Å². The maximum atomic E-state index is 12.5. The first-order valence-electron chi connectivity index (χ1n) is 6.50. The molecule has 0 unspecified atom stereocenters. The molecule has 0 atom stereocenters. The number of rotatable bonds is 3. The molecule has 2 aromatic rings. The summed E-state index contributed by atoms with van der Waals surface area (Å²) in [6.07, 6.45) is 3.56. The summed E-state index contributed by atoms with van der Waals surface area (Å²) >= 11 is 0. The highest BCUT2D eigenvalue weighted by molar-refractivity contribution is 6.01. The van der Waals surface area contributed by atoms with Crippen LogP contribution in [0.15, 0.2) is 48.7 Å². The van der Waals surface area contributed by atoms with Crippen molar-refractivity contribution in [2.45, 2.75) is 25.2 Å². The lowest BCUT2D eigenvalue weighted by Crippen LogP contribution is -2.27. The third-order valence-corrected chi connectivity index (χ3v) is 3.67. The molecule has 1 aliphatic rings. The van der Waals surface area contributed by atoms with E-state index in [4.69, 9.17) is 0 Å². The van der Waals surface area contributed by atoms with Crippen LogP contribution in [0.25, 0.3) is 0 Å². The lowest BCUT2D eigenvalue weighted by molar-refractivity contribution is -0.118. The van der Waals surface area contributed by atoms with Crippen LogP contribution in [0.2, 0.25) is 0 Å². The molecular weight excluding hydrogens is 236 g/mol. The Morgan fingerprint density at radius 1 is 1.21 bits per heavy atom. The lowest BCUT2D eigenvalue weighted by atomic mass is 9.95. The minimum atomic E-state index is -0.321.